The summed E-state index contributed by atoms with van der Waals surface area (Å²) in [5.41, 5.74) is 6.55. The van der Waals surface area contributed by atoms with Crippen LogP contribution in [0.25, 0.3) is 0 Å². The van der Waals surface area contributed by atoms with Crippen molar-refractivity contribution in [3.63, 3.8) is 0 Å². The van der Waals surface area contributed by atoms with Crippen molar-refractivity contribution in [3.8, 4) is 0 Å². The number of hydrogen-bond acceptors (Lipinski definition) is 8. The number of anilines is 1. The van der Waals surface area contributed by atoms with E-state index in [0.29, 0.717) is 16.0 Å². The SMILES string of the molecule is Cc1ccc(S(=O)(=O)N2CCN(C(=O)CSc3nnc(N)s3)[C@H]2C(C)C)cc1. The molecule has 8 nitrogen and oxygen atoms in total. The lowest BCUT2D eigenvalue weighted by molar-refractivity contribution is -0.130. The third-order valence-electron chi connectivity index (χ3n) is 4.46. The van der Waals surface area contributed by atoms with Crippen molar-refractivity contribution in [1.82, 2.24) is 19.4 Å². The minimum atomic E-state index is -3.68. The Hall–Kier alpha value is -1.69. The maximum Gasteiger partial charge on any atom is 0.244 e. The Morgan fingerprint density at radius 2 is 1.96 bits per heavy atom. The van der Waals surface area contributed by atoms with E-state index in [9.17, 15) is 13.2 Å². The fraction of sp³-hybridized carbons (Fsp3) is 0.471. The Morgan fingerprint density at radius 1 is 1.29 bits per heavy atom. The quantitative estimate of drug-likeness (QED) is 0.683. The number of aryl methyl sites for hydroxylation is 1. The van der Waals surface area contributed by atoms with E-state index in [1.54, 1.807) is 29.2 Å². The molecular weight excluding hydrogens is 418 g/mol. The first-order chi connectivity index (χ1) is 13.2. The van der Waals surface area contributed by atoms with Crippen LogP contribution in [-0.4, -0.2) is 58.7 Å². The number of hydrogen-bond donors (Lipinski definition) is 1. The number of rotatable bonds is 6. The van der Waals surface area contributed by atoms with Crippen molar-refractivity contribution in [3.05, 3.63) is 29.8 Å². The van der Waals surface area contributed by atoms with Crippen molar-refractivity contribution in [2.24, 2.45) is 5.92 Å². The third-order valence-corrected chi connectivity index (χ3v) is 8.22. The molecule has 0 spiro atoms. The number of carbonyl (C=O) groups excluding carboxylic acids is 1. The Morgan fingerprint density at radius 3 is 2.54 bits per heavy atom. The molecule has 0 saturated carbocycles. The number of benzene rings is 1. The average molecular weight is 442 g/mol. The van der Waals surface area contributed by atoms with Gasteiger partial charge in [0.2, 0.25) is 21.1 Å². The van der Waals surface area contributed by atoms with Crippen LogP contribution >= 0.6 is 23.1 Å². The van der Waals surface area contributed by atoms with Crippen LogP contribution in [0.15, 0.2) is 33.5 Å². The van der Waals surface area contributed by atoms with Gasteiger partial charge in [0.15, 0.2) is 4.34 Å². The summed E-state index contributed by atoms with van der Waals surface area (Å²) in [6.07, 6.45) is -0.515. The molecule has 0 radical (unpaired) electrons. The number of carbonyl (C=O) groups is 1. The minimum absolute atomic E-state index is 0.0474. The van der Waals surface area contributed by atoms with Crippen LogP contribution in [0.3, 0.4) is 0 Å². The van der Waals surface area contributed by atoms with Crippen molar-refractivity contribution in [2.45, 2.75) is 36.2 Å². The van der Waals surface area contributed by atoms with E-state index >= 15 is 0 Å². The number of thioether (sulfide) groups is 1. The van der Waals surface area contributed by atoms with Crippen LogP contribution in [0.4, 0.5) is 5.13 Å². The first kappa shape index (κ1) is 21.0. The molecule has 1 amide bonds. The Balaban J connectivity index is 1.77. The van der Waals surface area contributed by atoms with E-state index in [1.807, 2.05) is 20.8 Å². The monoisotopic (exact) mass is 441 g/mol. The Labute approximate surface area is 173 Å². The molecule has 1 fully saturated rings. The van der Waals surface area contributed by atoms with E-state index in [4.69, 9.17) is 5.73 Å². The average Bonchev–Trinajstić information content (AvgIpc) is 3.26. The third kappa shape index (κ3) is 4.32. The van der Waals surface area contributed by atoms with Crippen LogP contribution < -0.4 is 5.73 Å². The molecule has 0 bridgehead atoms. The van der Waals surface area contributed by atoms with Gasteiger partial charge in [-0.15, -0.1) is 10.2 Å². The van der Waals surface area contributed by atoms with Gasteiger partial charge in [0, 0.05) is 13.1 Å². The van der Waals surface area contributed by atoms with Gasteiger partial charge < -0.3 is 10.6 Å². The molecule has 0 aliphatic carbocycles. The molecule has 1 aliphatic rings. The lowest BCUT2D eigenvalue weighted by Crippen LogP contribution is -2.48. The highest BCUT2D eigenvalue weighted by Crippen LogP contribution is 2.30. The molecule has 2 heterocycles. The van der Waals surface area contributed by atoms with E-state index in [-0.39, 0.29) is 29.0 Å². The topological polar surface area (TPSA) is 109 Å². The number of nitrogens with zero attached hydrogens (tertiary/aromatic N) is 4. The summed E-state index contributed by atoms with van der Waals surface area (Å²) in [5, 5.41) is 7.98. The molecule has 2 aromatic rings. The highest BCUT2D eigenvalue weighted by molar-refractivity contribution is 8.01. The van der Waals surface area contributed by atoms with Gasteiger partial charge in [-0.3, -0.25) is 4.79 Å². The first-order valence-electron chi connectivity index (χ1n) is 8.80. The van der Waals surface area contributed by atoms with Crippen LogP contribution in [0.5, 0.6) is 0 Å². The second-order valence-electron chi connectivity index (χ2n) is 6.87. The van der Waals surface area contributed by atoms with Crippen LogP contribution in [0.1, 0.15) is 19.4 Å². The maximum atomic E-state index is 13.2. The Kier molecular flexibility index (Phi) is 6.28. The minimum Gasteiger partial charge on any atom is -0.374 e. The zero-order valence-corrected chi connectivity index (χ0v) is 18.4. The molecule has 1 saturated heterocycles. The van der Waals surface area contributed by atoms with E-state index in [0.717, 1.165) is 5.56 Å². The molecular formula is C17H23N5O3S3. The van der Waals surface area contributed by atoms with Crippen molar-refractivity contribution in [2.75, 3.05) is 24.6 Å². The highest BCUT2D eigenvalue weighted by atomic mass is 32.2. The number of nitrogen functional groups attached to an aromatic ring is 1. The molecule has 1 aromatic heterocycles. The summed E-state index contributed by atoms with van der Waals surface area (Å²) in [6.45, 7) is 6.40. The first-order valence-corrected chi connectivity index (χ1v) is 12.0. The zero-order valence-electron chi connectivity index (χ0n) is 15.9. The normalized spacial score (nSPS) is 18.1. The molecule has 1 aliphatic heterocycles. The lowest BCUT2D eigenvalue weighted by atomic mass is 10.1. The predicted octanol–water partition coefficient (Wildman–Crippen LogP) is 2.04. The summed E-state index contributed by atoms with van der Waals surface area (Å²) < 4.78 is 28.4. The standard InChI is InChI=1S/C17H23N5O3S3/c1-11(2)15-21(14(23)10-26-17-20-19-16(18)27-17)8-9-22(15)28(24,25)13-6-4-12(3)5-7-13/h4-7,11,15H,8-10H2,1-3H3,(H2,18,19)/t15-/m1/s1. The second kappa shape index (κ2) is 8.36. The van der Waals surface area contributed by atoms with Crippen molar-refractivity contribution < 1.29 is 13.2 Å². The molecule has 28 heavy (non-hydrogen) atoms. The van der Waals surface area contributed by atoms with Gasteiger partial charge in [0.05, 0.1) is 10.6 Å². The smallest absolute Gasteiger partial charge is 0.244 e. The molecule has 1 aromatic carbocycles. The van der Waals surface area contributed by atoms with Crippen LogP contribution in [0, 0.1) is 12.8 Å². The summed E-state index contributed by atoms with van der Waals surface area (Å²) in [4.78, 5) is 14.7. The Bertz CT molecular complexity index is 943. The summed E-state index contributed by atoms with van der Waals surface area (Å²) in [6, 6.07) is 6.78. The van der Waals surface area contributed by atoms with Gasteiger partial charge in [-0.25, -0.2) is 8.42 Å². The summed E-state index contributed by atoms with van der Waals surface area (Å²) >= 11 is 2.49. The maximum absolute atomic E-state index is 13.2. The van der Waals surface area contributed by atoms with Crippen LogP contribution in [-0.2, 0) is 14.8 Å². The van der Waals surface area contributed by atoms with Crippen LogP contribution in [0.2, 0.25) is 0 Å². The summed E-state index contributed by atoms with van der Waals surface area (Å²) in [7, 11) is -3.68. The predicted molar refractivity (Wildman–Crippen MR) is 110 cm³/mol. The van der Waals surface area contributed by atoms with Gasteiger partial charge in [0.1, 0.15) is 6.17 Å². The van der Waals surface area contributed by atoms with Crippen molar-refractivity contribution in [1.29, 1.82) is 0 Å². The lowest BCUT2D eigenvalue weighted by Gasteiger charge is -2.32. The zero-order chi connectivity index (χ0) is 20.5. The number of sulfonamides is 1. The fourth-order valence-electron chi connectivity index (χ4n) is 3.18. The number of amides is 1. The van der Waals surface area contributed by atoms with E-state index in [1.165, 1.54) is 27.4 Å². The molecule has 3 rings (SSSR count). The second-order valence-corrected chi connectivity index (χ2v) is 11.0. The van der Waals surface area contributed by atoms with Gasteiger partial charge in [-0.05, 0) is 25.0 Å². The molecule has 1 atom stereocenters. The highest BCUT2D eigenvalue weighted by Gasteiger charge is 2.43. The number of nitrogens with two attached hydrogens (primary N) is 1. The molecule has 2 N–H and O–H groups in total. The van der Waals surface area contributed by atoms with E-state index in [2.05, 4.69) is 10.2 Å². The van der Waals surface area contributed by atoms with Gasteiger partial charge in [-0.1, -0.05) is 54.6 Å². The largest absolute Gasteiger partial charge is 0.374 e. The summed E-state index contributed by atoms with van der Waals surface area (Å²) in [5.74, 6) is -0.0102. The van der Waals surface area contributed by atoms with Gasteiger partial charge in [-0.2, -0.15) is 4.31 Å². The molecule has 0 unspecified atom stereocenters. The van der Waals surface area contributed by atoms with Gasteiger partial charge >= 0.3 is 0 Å². The van der Waals surface area contributed by atoms with E-state index < -0.39 is 16.2 Å². The molecule has 152 valence electrons. The fourth-order valence-corrected chi connectivity index (χ4v) is 6.42. The van der Waals surface area contributed by atoms with Crippen molar-refractivity contribution >= 4 is 44.2 Å². The number of aromatic nitrogens is 2. The van der Waals surface area contributed by atoms with Gasteiger partial charge in [0.25, 0.3) is 0 Å². The molecule has 11 heteroatoms.